The zero-order valence-electron chi connectivity index (χ0n) is 13.9. The fourth-order valence-electron chi connectivity index (χ4n) is 2.00. The van der Waals surface area contributed by atoms with Crippen LogP contribution in [0.5, 0.6) is 5.75 Å². The molecular weight excluding hydrogens is 356 g/mol. The maximum Gasteiger partial charge on any atom is 0.343 e. The molecule has 1 N–H and O–H groups in total. The van der Waals surface area contributed by atoms with Gasteiger partial charge in [-0.25, -0.2) is 4.79 Å². The summed E-state index contributed by atoms with van der Waals surface area (Å²) in [4.78, 5) is 23.5. The molecule has 2 rings (SSSR count). The quantitative estimate of drug-likeness (QED) is 0.478. The number of nitrogens with zero attached hydrogens (tertiary/aromatic N) is 1. The van der Waals surface area contributed by atoms with E-state index in [1.54, 1.807) is 48.5 Å². The van der Waals surface area contributed by atoms with Crippen molar-refractivity contribution in [1.82, 2.24) is 0 Å². The van der Waals surface area contributed by atoms with Crippen molar-refractivity contribution in [2.75, 3.05) is 19.0 Å². The van der Waals surface area contributed by atoms with E-state index in [2.05, 4.69) is 10.1 Å². The molecule has 0 saturated heterocycles. The van der Waals surface area contributed by atoms with E-state index in [1.165, 1.54) is 13.2 Å². The Morgan fingerprint density at radius 1 is 1.23 bits per heavy atom. The number of carbonyl (C=O) groups is 2. The summed E-state index contributed by atoms with van der Waals surface area (Å²) >= 11 is 5.88. The molecule has 1 amide bonds. The van der Waals surface area contributed by atoms with Gasteiger partial charge in [0.1, 0.15) is 17.4 Å². The predicted molar refractivity (Wildman–Crippen MR) is 97.6 cm³/mol. The zero-order valence-corrected chi connectivity index (χ0v) is 14.6. The summed E-state index contributed by atoms with van der Waals surface area (Å²) in [7, 11) is 1.26. The number of nitriles is 1. The number of para-hydroxylation sites is 1. The van der Waals surface area contributed by atoms with E-state index < -0.39 is 11.9 Å². The molecule has 0 heterocycles. The first-order valence-corrected chi connectivity index (χ1v) is 7.88. The van der Waals surface area contributed by atoms with Gasteiger partial charge in [0.15, 0.2) is 6.61 Å². The minimum absolute atomic E-state index is 0.126. The number of carbonyl (C=O) groups excluding carboxylic acids is 2. The first-order chi connectivity index (χ1) is 12.5. The van der Waals surface area contributed by atoms with Gasteiger partial charge in [-0.2, -0.15) is 5.26 Å². The number of amides is 1. The average molecular weight is 371 g/mol. The Hall–Kier alpha value is -3.30. The number of rotatable bonds is 6. The molecule has 0 aliphatic carbocycles. The van der Waals surface area contributed by atoms with Crippen molar-refractivity contribution in [2.45, 2.75) is 0 Å². The first kappa shape index (κ1) is 19.0. The number of hydrogen-bond acceptors (Lipinski definition) is 5. The van der Waals surface area contributed by atoms with Crippen LogP contribution in [0.15, 0.2) is 54.1 Å². The Labute approximate surface area is 155 Å². The highest BCUT2D eigenvalue weighted by atomic mass is 35.5. The lowest BCUT2D eigenvalue weighted by atomic mass is 10.1. The summed E-state index contributed by atoms with van der Waals surface area (Å²) in [6, 6.07) is 15.2. The highest BCUT2D eigenvalue weighted by Crippen LogP contribution is 2.22. The number of esters is 1. The minimum atomic E-state index is -0.586. The summed E-state index contributed by atoms with van der Waals surface area (Å²) in [5, 5.41) is 12.4. The summed E-state index contributed by atoms with van der Waals surface area (Å²) in [6.45, 7) is -0.280. The Morgan fingerprint density at radius 2 is 2.00 bits per heavy atom. The lowest BCUT2D eigenvalue weighted by Gasteiger charge is -2.09. The van der Waals surface area contributed by atoms with Crippen molar-refractivity contribution in [2.24, 2.45) is 0 Å². The Balaban J connectivity index is 2.21. The molecule has 0 bridgehead atoms. The van der Waals surface area contributed by atoms with E-state index in [4.69, 9.17) is 16.3 Å². The van der Waals surface area contributed by atoms with Crippen LogP contribution in [0.3, 0.4) is 0 Å². The fraction of sp³-hybridized carbons (Fsp3) is 0.105. The Bertz CT molecular complexity index is 887. The number of benzene rings is 2. The number of hydrogen-bond donors (Lipinski definition) is 1. The SMILES string of the molecule is COC(=O)COc1ccccc1/C=C(\C#N)C(=O)Nc1cccc(Cl)c1. The first-order valence-electron chi connectivity index (χ1n) is 7.51. The molecule has 0 radical (unpaired) electrons. The van der Waals surface area contributed by atoms with Crippen LogP contribution in [0.4, 0.5) is 5.69 Å². The van der Waals surface area contributed by atoms with E-state index in [0.717, 1.165) is 0 Å². The van der Waals surface area contributed by atoms with E-state index in [9.17, 15) is 14.9 Å². The minimum Gasteiger partial charge on any atom is -0.481 e. The van der Waals surface area contributed by atoms with Crippen LogP contribution in [0.25, 0.3) is 6.08 Å². The number of anilines is 1. The van der Waals surface area contributed by atoms with Crippen molar-refractivity contribution < 1.29 is 19.1 Å². The zero-order chi connectivity index (χ0) is 18.9. The monoisotopic (exact) mass is 370 g/mol. The van der Waals surface area contributed by atoms with Crippen LogP contribution in [0.1, 0.15) is 5.56 Å². The fourth-order valence-corrected chi connectivity index (χ4v) is 2.19. The van der Waals surface area contributed by atoms with Gasteiger partial charge in [0.05, 0.1) is 7.11 Å². The average Bonchev–Trinajstić information content (AvgIpc) is 2.64. The summed E-state index contributed by atoms with van der Waals surface area (Å²) in [6.07, 6.45) is 1.38. The molecule has 7 heteroatoms. The van der Waals surface area contributed by atoms with Crippen LogP contribution in [-0.2, 0) is 14.3 Å². The van der Waals surface area contributed by atoms with Crippen molar-refractivity contribution in [3.63, 3.8) is 0 Å². The standard InChI is InChI=1S/C19H15ClN2O4/c1-25-18(23)12-26-17-8-3-2-5-13(17)9-14(11-21)19(24)22-16-7-4-6-15(20)10-16/h2-10H,12H2,1H3,(H,22,24)/b14-9+. The van der Waals surface area contributed by atoms with Gasteiger partial charge in [-0.15, -0.1) is 0 Å². The van der Waals surface area contributed by atoms with Crippen LogP contribution >= 0.6 is 11.6 Å². The topological polar surface area (TPSA) is 88.4 Å². The number of nitrogens with one attached hydrogen (secondary N) is 1. The molecule has 6 nitrogen and oxygen atoms in total. The van der Waals surface area contributed by atoms with Gasteiger partial charge in [0.25, 0.3) is 5.91 Å². The van der Waals surface area contributed by atoms with Gasteiger partial charge in [0, 0.05) is 16.3 Å². The van der Waals surface area contributed by atoms with Gasteiger partial charge < -0.3 is 14.8 Å². The van der Waals surface area contributed by atoms with Gasteiger partial charge in [0.2, 0.25) is 0 Å². The van der Waals surface area contributed by atoms with Crippen LogP contribution < -0.4 is 10.1 Å². The van der Waals surface area contributed by atoms with Crippen LogP contribution in [0, 0.1) is 11.3 Å². The third-order valence-corrected chi connectivity index (χ3v) is 3.47. The predicted octanol–water partition coefficient (Wildman–Crippen LogP) is 3.44. The molecular formula is C19H15ClN2O4. The second kappa shape index (κ2) is 9.25. The Kier molecular flexibility index (Phi) is 6.77. The molecule has 0 aliphatic heterocycles. The number of halogens is 1. The molecule has 2 aromatic rings. The second-order valence-corrected chi connectivity index (χ2v) is 5.47. The van der Waals surface area contributed by atoms with E-state index in [0.29, 0.717) is 22.0 Å². The number of ether oxygens (including phenoxy) is 2. The highest BCUT2D eigenvalue weighted by molar-refractivity contribution is 6.31. The molecule has 0 atom stereocenters. The largest absolute Gasteiger partial charge is 0.481 e. The summed E-state index contributed by atoms with van der Waals surface area (Å²) in [5.41, 5.74) is 0.826. The second-order valence-electron chi connectivity index (χ2n) is 5.04. The normalized spacial score (nSPS) is 10.6. The van der Waals surface area contributed by atoms with Gasteiger partial charge in [-0.3, -0.25) is 4.79 Å². The molecule has 0 aliphatic rings. The smallest absolute Gasteiger partial charge is 0.343 e. The van der Waals surface area contributed by atoms with E-state index >= 15 is 0 Å². The van der Waals surface area contributed by atoms with E-state index in [-0.39, 0.29) is 12.2 Å². The van der Waals surface area contributed by atoms with E-state index in [1.807, 2.05) is 6.07 Å². The maximum atomic E-state index is 12.3. The molecule has 0 spiro atoms. The molecule has 0 aromatic heterocycles. The van der Waals surface area contributed by atoms with Gasteiger partial charge in [-0.05, 0) is 30.3 Å². The van der Waals surface area contributed by atoms with Gasteiger partial charge in [-0.1, -0.05) is 35.9 Å². The Morgan fingerprint density at radius 3 is 2.69 bits per heavy atom. The highest BCUT2D eigenvalue weighted by Gasteiger charge is 2.12. The van der Waals surface area contributed by atoms with Crippen molar-refractivity contribution >= 4 is 35.2 Å². The molecule has 0 unspecified atom stereocenters. The molecule has 2 aromatic carbocycles. The summed E-state index contributed by atoms with van der Waals surface area (Å²) in [5.74, 6) is -0.776. The van der Waals surface area contributed by atoms with Crippen LogP contribution in [-0.4, -0.2) is 25.6 Å². The third kappa shape index (κ3) is 5.36. The van der Waals surface area contributed by atoms with Crippen molar-refractivity contribution in [1.29, 1.82) is 5.26 Å². The molecule has 26 heavy (non-hydrogen) atoms. The number of methoxy groups -OCH3 is 1. The summed E-state index contributed by atoms with van der Waals surface area (Å²) < 4.78 is 9.89. The van der Waals surface area contributed by atoms with Crippen molar-refractivity contribution in [3.05, 3.63) is 64.7 Å². The molecule has 132 valence electrons. The lowest BCUT2D eigenvalue weighted by Crippen LogP contribution is -2.14. The van der Waals surface area contributed by atoms with Crippen molar-refractivity contribution in [3.8, 4) is 11.8 Å². The third-order valence-electron chi connectivity index (χ3n) is 3.24. The molecule has 0 fully saturated rings. The lowest BCUT2D eigenvalue weighted by molar-refractivity contribution is -0.142. The maximum absolute atomic E-state index is 12.3. The van der Waals surface area contributed by atoms with Crippen LogP contribution in [0.2, 0.25) is 5.02 Å². The van der Waals surface area contributed by atoms with Gasteiger partial charge >= 0.3 is 5.97 Å². The molecule has 0 saturated carbocycles.